The van der Waals surface area contributed by atoms with Crippen LogP contribution in [0.25, 0.3) is 0 Å². The summed E-state index contributed by atoms with van der Waals surface area (Å²) in [6.07, 6.45) is 81.2. The molecule has 6 nitrogen and oxygen atoms in total. The summed E-state index contributed by atoms with van der Waals surface area (Å²) in [6.45, 7) is 6.71. The lowest BCUT2D eigenvalue weighted by molar-refractivity contribution is -0.167. The molecule has 0 aliphatic rings. The van der Waals surface area contributed by atoms with Crippen LogP contribution in [0.3, 0.4) is 0 Å². The zero-order valence-corrected chi connectivity index (χ0v) is 53.2. The van der Waals surface area contributed by atoms with Gasteiger partial charge < -0.3 is 14.2 Å². The van der Waals surface area contributed by atoms with E-state index in [4.69, 9.17) is 14.2 Å². The van der Waals surface area contributed by atoms with Crippen LogP contribution >= 0.6 is 0 Å². The van der Waals surface area contributed by atoms with Crippen LogP contribution in [0.5, 0.6) is 0 Å². The number of carbonyl (C=O) groups excluding carboxylic acids is 3. The summed E-state index contributed by atoms with van der Waals surface area (Å²) >= 11 is 0. The highest BCUT2D eigenvalue weighted by Crippen LogP contribution is 2.19. The van der Waals surface area contributed by atoms with Gasteiger partial charge in [0.2, 0.25) is 0 Å². The summed E-state index contributed by atoms with van der Waals surface area (Å²) in [7, 11) is 0. The summed E-state index contributed by atoms with van der Waals surface area (Å²) in [6, 6.07) is 0. The van der Waals surface area contributed by atoms with Gasteiger partial charge in [-0.25, -0.2) is 0 Å². The van der Waals surface area contributed by atoms with Gasteiger partial charge in [0.25, 0.3) is 0 Å². The molecule has 0 bridgehead atoms. The van der Waals surface area contributed by atoms with E-state index in [9.17, 15) is 14.4 Å². The number of hydrogen-bond acceptors (Lipinski definition) is 6. The van der Waals surface area contributed by atoms with E-state index in [2.05, 4.69) is 32.9 Å². The molecule has 0 fully saturated rings. The van der Waals surface area contributed by atoms with E-state index in [1.54, 1.807) is 0 Å². The van der Waals surface area contributed by atoms with Gasteiger partial charge in [0, 0.05) is 19.3 Å². The fraction of sp³-hybridized carbons (Fsp3) is 0.931. The maximum atomic E-state index is 12.9. The molecular formula is C72H138O6. The fourth-order valence-corrected chi connectivity index (χ4v) is 11.2. The fourth-order valence-electron chi connectivity index (χ4n) is 11.2. The van der Waals surface area contributed by atoms with Gasteiger partial charge in [0.15, 0.2) is 6.10 Å². The first-order chi connectivity index (χ1) is 38.5. The molecule has 0 saturated heterocycles. The second-order valence-corrected chi connectivity index (χ2v) is 24.5. The van der Waals surface area contributed by atoms with Crippen molar-refractivity contribution in [2.24, 2.45) is 0 Å². The van der Waals surface area contributed by atoms with Crippen molar-refractivity contribution in [1.82, 2.24) is 0 Å². The van der Waals surface area contributed by atoms with Crippen LogP contribution in [-0.4, -0.2) is 37.2 Å². The van der Waals surface area contributed by atoms with Gasteiger partial charge >= 0.3 is 17.9 Å². The van der Waals surface area contributed by atoms with E-state index in [0.29, 0.717) is 19.3 Å². The average molecular weight is 1100 g/mol. The SMILES string of the molecule is CCCCCCCC/C=C\CCCCCCCC(=O)OC(COC(=O)CCCCCCCCCCCCCCCC)COC(=O)CCCCCCCCCCCCCCCCCCCCCCCCCCCCCCCCC. The molecule has 0 aliphatic heterocycles. The largest absolute Gasteiger partial charge is 0.462 e. The molecule has 462 valence electrons. The number of hydrogen-bond donors (Lipinski definition) is 0. The molecule has 1 unspecified atom stereocenters. The molecule has 0 heterocycles. The van der Waals surface area contributed by atoms with Crippen LogP contribution < -0.4 is 0 Å². The number of ether oxygens (including phenoxy) is 3. The van der Waals surface area contributed by atoms with Crippen LogP contribution in [0, 0.1) is 0 Å². The Hall–Kier alpha value is -1.85. The lowest BCUT2D eigenvalue weighted by Gasteiger charge is -2.18. The van der Waals surface area contributed by atoms with E-state index in [1.807, 2.05) is 0 Å². The summed E-state index contributed by atoms with van der Waals surface area (Å²) in [4.78, 5) is 38.3. The second kappa shape index (κ2) is 67.7. The van der Waals surface area contributed by atoms with Crippen LogP contribution in [0.2, 0.25) is 0 Å². The summed E-state index contributed by atoms with van der Waals surface area (Å²) in [5.74, 6) is -0.842. The highest BCUT2D eigenvalue weighted by molar-refractivity contribution is 5.71. The Bertz CT molecular complexity index is 1210. The molecule has 0 N–H and O–H groups in total. The highest BCUT2D eigenvalue weighted by atomic mass is 16.6. The van der Waals surface area contributed by atoms with Crippen LogP contribution in [0.15, 0.2) is 12.2 Å². The van der Waals surface area contributed by atoms with Crippen molar-refractivity contribution >= 4 is 17.9 Å². The number of esters is 3. The molecule has 6 heteroatoms. The smallest absolute Gasteiger partial charge is 0.306 e. The molecular weight excluding hydrogens is 961 g/mol. The molecule has 0 aliphatic carbocycles. The molecule has 0 spiro atoms. The zero-order valence-electron chi connectivity index (χ0n) is 53.2. The summed E-state index contributed by atoms with van der Waals surface area (Å²) in [5.41, 5.74) is 0. The van der Waals surface area contributed by atoms with Crippen LogP contribution in [0.4, 0.5) is 0 Å². The third-order valence-electron chi connectivity index (χ3n) is 16.5. The van der Waals surface area contributed by atoms with E-state index in [-0.39, 0.29) is 31.1 Å². The zero-order chi connectivity index (χ0) is 56.4. The van der Waals surface area contributed by atoms with Gasteiger partial charge in [-0.2, -0.15) is 0 Å². The molecule has 78 heavy (non-hydrogen) atoms. The van der Waals surface area contributed by atoms with Crippen molar-refractivity contribution in [3.63, 3.8) is 0 Å². The van der Waals surface area contributed by atoms with Crippen LogP contribution in [0.1, 0.15) is 412 Å². The normalized spacial score (nSPS) is 12.0. The minimum absolute atomic E-state index is 0.0668. The van der Waals surface area contributed by atoms with E-state index < -0.39 is 6.10 Å². The second-order valence-electron chi connectivity index (χ2n) is 24.5. The molecule has 0 aromatic rings. The number of unbranched alkanes of at least 4 members (excludes halogenated alkanes) is 54. The van der Waals surface area contributed by atoms with Gasteiger partial charge in [0.1, 0.15) is 13.2 Å². The Morgan fingerprint density at radius 1 is 0.244 bits per heavy atom. The van der Waals surface area contributed by atoms with Crippen molar-refractivity contribution in [2.75, 3.05) is 13.2 Å². The maximum absolute atomic E-state index is 12.9. The number of allylic oxidation sites excluding steroid dienone is 2. The molecule has 0 rings (SSSR count). The van der Waals surface area contributed by atoms with Gasteiger partial charge in [0.05, 0.1) is 0 Å². The quantitative estimate of drug-likeness (QED) is 0.0261. The monoisotopic (exact) mass is 1100 g/mol. The van der Waals surface area contributed by atoms with Crippen molar-refractivity contribution < 1.29 is 28.6 Å². The van der Waals surface area contributed by atoms with Gasteiger partial charge in [-0.15, -0.1) is 0 Å². The predicted molar refractivity (Wildman–Crippen MR) is 340 cm³/mol. The lowest BCUT2D eigenvalue weighted by Crippen LogP contribution is -2.30. The van der Waals surface area contributed by atoms with Crippen molar-refractivity contribution in [2.45, 2.75) is 419 Å². The minimum Gasteiger partial charge on any atom is -0.462 e. The van der Waals surface area contributed by atoms with Gasteiger partial charge in [-0.3, -0.25) is 14.4 Å². The number of rotatable bonds is 67. The predicted octanol–water partition coefficient (Wildman–Crippen LogP) is 24.4. The van der Waals surface area contributed by atoms with Crippen molar-refractivity contribution in [1.29, 1.82) is 0 Å². The molecule has 0 saturated carbocycles. The maximum Gasteiger partial charge on any atom is 0.306 e. The topological polar surface area (TPSA) is 78.9 Å². The summed E-state index contributed by atoms with van der Waals surface area (Å²) < 4.78 is 17.0. The van der Waals surface area contributed by atoms with E-state index in [1.165, 1.54) is 308 Å². The standard InChI is InChI=1S/C72H138O6/c1-4-7-10-13-16-19-22-25-28-29-30-31-32-33-34-35-36-37-38-39-40-41-42-43-45-47-50-53-56-59-62-65-71(74)77-68-69(67-76-70(73)64-61-58-55-52-49-46-27-24-21-18-15-12-9-6-3)78-72(75)66-63-60-57-54-51-48-44-26-23-20-17-14-11-8-5-2/h26,44,69H,4-25,27-43,45-68H2,1-3H3/b44-26-. The first-order valence-electron chi connectivity index (χ1n) is 35.7. The number of carbonyl (C=O) groups is 3. The Morgan fingerprint density at radius 2 is 0.423 bits per heavy atom. The van der Waals surface area contributed by atoms with Crippen molar-refractivity contribution in [3.8, 4) is 0 Å². The van der Waals surface area contributed by atoms with E-state index >= 15 is 0 Å². The van der Waals surface area contributed by atoms with Gasteiger partial charge in [-0.1, -0.05) is 360 Å². The Labute approximate surface area is 488 Å². The Kier molecular flexibility index (Phi) is 66.0. The average Bonchev–Trinajstić information content (AvgIpc) is 3.44. The molecule has 0 amide bonds. The highest BCUT2D eigenvalue weighted by Gasteiger charge is 2.19. The first-order valence-corrected chi connectivity index (χ1v) is 35.7. The lowest BCUT2D eigenvalue weighted by atomic mass is 10.0. The Balaban J connectivity index is 4.10. The molecule has 0 aromatic carbocycles. The van der Waals surface area contributed by atoms with E-state index in [0.717, 1.165) is 64.2 Å². The molecule has 0 radical (unpaired) electrons. The van der Waals surface area contributed by atoms with Crippen molar-refractivity contribution in [3.05, 3.63) is 12.2 Å². The third kappa shape index (κ3) is 65.0. The molecule has 1 atom stereocenters. The molecule has 0 aromatic heterocycles. The first kappa shape index (κ1) is 76.1. The summed E-state index contributed by atoms with van der Waals surface area (Å²) in [5, 5.41) is 0. The van der Waals surface area contributed by atoms with Crippen LogP contribution in [-0.2, 0) is 28.6 Å². The minimum atomic E-state index is -0.770. The Morgan fingerprint density at radius 3 is 0.641 bits per heavy atom. The van der Waals surface area contributed by atoms with Gasteiger partial charge in [-0.05, 0) is 44.9 Å². The third-order valence-corrected chi connectivity index (χ3v) is 16.5.